The first-order chi connectivity index (χ1) is 9.60. The van der Waals surface area contributed by atoms with Crippen molar-refractivity contribution in [3.8, 4) is 5.75 Å². The van der Waals surface area contributed by atoms with E-state index in [-0.39, 0.29) is 11.9 Å². The van der Waals surface area contributed by atoms with E-state index in [1.807, 2.05) is 31.2 Å². The molecule has 2 aromatic rings. The van der Waals surface area contributed by atoms with E-state index in [2.05, 4.69) is 5.32 Å². The molecule has 20 heavy (non-hydrogen) atoms. The minimum absolute atomic E-state index is 0.119. The van der Waals surface area contributed by atoms with Gasteiger partial charge < -0.3 is 10.1 Å². The van der Waals surface area contributed by atoms with Gasteiger partial charge in [-0.05, 0) is 30.7 Å². The van der Waals surface area contributed by atoms with Gasteiger partial charge >= 0.3 is 0 Å². The standard InChI is InChI=1S/C16H17ClFNO/c1-11(12-3-6-14(17)7-4-12)19-10-13-5-8-15(20-2)9-16(13)18/h3-9,11,19H,10H2,1-2H3/t11-/m1/s1. The fourth-order valence-electron chi connectivity index (χ4n) is 1.93. The molecule has 2 aromatic carbocycles. The van der Waals surface area contributed by atoms with Gasteiger partial charge in [0.15, 0.2) is 0 Å². The quantitative estimate of drug-likeness (QED) is 0.885. The van der Waals surface area contributed by atoms with Crippen LogP contribution in [0.5, 0.6) is 5.75 Å². The van der Waals surface area contributed by atoms with E-state index in [9.17, 15) is 4.39 Å². The Bertz CT molecular complexity index is 571. The number of hydrogen-bond donors (Lipinski definition) is 1. The summed E-state index contributed by atoms with van der Waals surface area (Å²) in [5.74, 6) is 0.261. The van der Waals surface area contributed by atoms with Crippen molar-refractivity contribution in [2.45, 2.75) is 19.5 Å². The maximum absolute atomic E-state index is 13.8. The first kappa shape index (κ1) is 14.8. The van der Waals surface area contributed by atoms with Crippen molar-refractivity contribution < 1.29 is 9.13 Å². The molecule has 0 saturated heterocycles. The highest BCUT2D eigenvalue weighted by Gasteiger charge is 2.08. The molecule has 0 spiro atoms. The van der Waals surface area contributed by atoms with Gasteiger partial charge in [0.2, 0.25) is 0 Å². The molecule has 0 fully saturated rings. The number of rotatable bonds is 5. The van der Waals surface area contributed by atoms with Crippen LogP contribution in [0.2, 0.25) is 5.02 Å². The van der Waals surface area contributed by atoms with Crippen LogP contribution in [0.25, 0.3) is 0 Å². The molecule has 0 unspecified atom stereocenters. The van der Waals surface area contributed by atoms with Crippen LogP contribution in [0, 0.1) is 5.82 Å². The molecule has 0 amide bonds. The number of methoxy groups -OCH3 is 1. The van der Waals surface area contributed by atoms with Crippen LogP contribution in [0.4, 0.5) is 4.39 Å². The highest BCUT2D eigenvalue weighted by molar-refractivity contribution is 6.30. The lowest BCUT2D eigenvalue weighted by atomic mass is 10.1. The van der Waals surface area contributed by atoms with Gasteiger partial charge in [0.05, 0.1) is 7.11 Å². The minimum Gasteiger partial charge on any atom is -0.497 e. The summed E-state index contributed by atoms with van der Waals surface area (Å²) < 4.78 is 18.8. The van der Waals surface area contributed by atoms with Crippen LogP contribution in [-0.4, -0.2) is 7.11 Å². The summed E-state index contributed by atoms with van der Waals surface area (Å²) in [6, 6.07) is 12.6. The van der Waals surface area contributed by atoms with Crippen LogP contribution in [0.1, 0.15) is 24.1 Å². The number of benzene rings is 2. The van der Waals surface area contributed by atoms with Crippen LogP contribution < -0.4 is 10.1 Å². The Morgan fingerprint density at radius 1 is 1.20 bits per heavy atom. The summed E-state index contributed by atoms with van der Waals surface area (Å²) in [6.45, 7) is 2.49. The van der Waals surface area contributed by atoms with Crippen molar-refractivity contribution in [3.05, 3.63) is 64.4 Å². The van der Waals surface area contributed by atoms with Gasteiger partial charge in [-0.3, -0.25) is 0 Å². The second kappa shape index (κ2) is 6.73. The maximum atomic E-state index is 13.8. The molecule has 0 saturated carbocycles. The third-order valence-corrected chi connectivity index (χ3v) is 3.48. The van der Waals surface area contributed by atoms with E-state index in [0.29, 0.717) is 22.9 Å². The van der Waals surface area contributed by atoms with Crippen molar-refractivity contribution in [1.29, 1.82) is 0 Å². The Morgan fingerprint density at radius 2 is 1.90 bits per heavy atom. The van der Waals surface area contributed by atoms with Gasteiger partial charge in [-0.2, -0.15) is 0 Å². The predicted octanol–water partition coefficient (Wildman–Crippen LogP) is 4.34. The van der Waals surface area contributed by atoms with E-state index in [0.717, 1.165) is 5.56 Å². The number of ether oxygens (including phenoxy) is 1. The third-order valence-electron chi connectivity index (χ3n) is 3.23. The topological polar surface area (TPSA) is 21.3 Å². The largest absolute Gasteiger partial charge is 0.497 e. The van der Waals surface area contributed by atoms with E-state index in [1.165, 1.54) is 13.2 Å². The summed E-state index contributed by atoms with van der Waals surface area (Å²) in [5, 5.41) is 4.00. The molecule has 0 aromatic heterocycles. The molecule has 0 radical (unpaired) electrons. The average molecular weight is 294 g/mol. The third kappa shape index (κ3) is 3.71. The molecule has 106 valence electrons. The first-order valence-electron chi connectivity index (χ1n) is 6.41. The Balaban J connectivity index is 1.99. The molecule has 1 N–H and O–H groups in total. The zero-order chi connectivity index (χ0) is 14.5. The van der Waals surface area contributed by atoms with Crippen molar-refractivity contribution in [2.24, 2.45) is 0 Å². The monoisotopic (exact) mass is 293 g/mol. The smallest absolute Gasteiger partial charge is 0.131 e. The Labute approximate surface area is 123 Å². The summed E-state index contributed by atoms with van der Waals surface area (Å²) >= 11 is 5.86. The van der Waals surface area contributed by atoms with E-state index < -0.39 is 0 Å². The summed E-state index contributed by atoms with van der Waals surface area (Å²) in [6.07, 6.45) is 0. The highest BCUT2D eigenvalue weighted by atomic mass is 35.5. The molecule has 0 bridgehead atoms. The van der Waals surface area contributed by atoms with Crippen LogP contribution in [0.3, 0.4) is 0 Å². The number of nitrogens with one attached hydrogen (secondary N) is 1. The molecule has 0 aliphatic carbocycles. The summed E-state index contributed by atoms with van der Waals surface area (Å²) in [7, 11) is 1.52. The van der Waals surface area contributed by atoms with Crippen LogP contribution in [0.15, 0.2) is 42.5 Å². The van der Waals surface area contributed by atoms with Crippen LogP contribution >= 0.6 is 11.6 Å². The fraction of sp³-hybridized carbons (Fsp3) is 0.250. The van der Waals surface area contributed by atoms with Crippen molar-refractivity contribution in [3.63, 3.8) is 0 Å². The van der Waals surface area contributed by atoms with Gasteiger partial charge in [0.25, 0.3) is 0 Å². The van der Waals surface area contributed by atoms with Gasteiger partial charge in [-0.25, -0.2) is 4.39 Å². The second-order valence-electron chi connectivity index (χ2n) is 4.61. The lowest BCUT2D eigenvalue weighted by Gasteiger charge is -2.15. The molecule has 2 nitrogen and oxygen atoms in total. The van der Waals surface area contributed by atoms with E-state index >= 15 is 0 Å². The van der Waals surface area contributed by atoms with Gasteiger partial charge in [0, 0.05) is 29.2 Å². The lowest BCUT2D eigenvalue weighted by Crippen LogP contribution is -2.18. The number of halogens is 2. The predicted molar refractivity (Wildman–Crippen MR) is 79.7 cm³/mol. The molecule has 1 atom stereocenters. The Morgan fingerprint density at radius 3 is 2.50 bits per heavy atom. The van der Waals surface area contributed by atoms with E-state index in [4.69, 9.17) is 16.3 Å². The Kier molecular flexibility index (Phi) is 4.99. The minimum atomic E-state index is -0.264. The molecule has 2 rings (SSSR count). The maximum Gasteiger partial charge on any atom is 0.131 e. The highest BCUT2D eigenvalue weighted by Crippen LogP contribution is 2.19. The van der Waals surface area contributed by atoms with E-state index in [1.54, 1.807) is 12.1 Å². The number of hydrogen-bond acceptors (Lipinski definition) is 2. The van der Waals surface area contributed by atoms with Crippen molar-refractivity contribution >= 4 is 11.6 Å². The fourth-order valence-corrected chi connectivity index (χ4v) is 2.06. The second-order valence-corrected chi connectivity index (χ2v) is 5.05. The summed E-state index contributed by atoms with van der Waals surface area (Å²) in [5.41, 5.74) is 1.73. The van der Waals surface area contributed by atoms with Crippen LogP contribution in [-0.2, 0) is 6.54 Å². The molecule has 0 heterocycles. The van der Waals surface area contributed by atoms with Gasteiger partial charge in [-0.15, -0.1) is 0 Å². The van der Waals surface area contributed by atoms with Crippen molar-refractivity contribution in [2.75, 3.05) is 7.11 Å². The summed E-state index contributed by atoms with van der Waals surface area (Å²) in [4.78, 5) is 0. The van der Waals surface area contributed by atoms with Crippen molar-refractivity contribution in [1.82, 2.24) is 5.32 Å². The zero-order valence-corrected chi connectivity index (χ0v) is 12.2. The molecular weight excluding hydrogens is 277 g/mol. The van der Waals surface area contributed by atoms with Gasteiger partial charge in [-0.1, -0.05) is 29.8 Å². The SMILES string of the molecule is COc1ccc(CN[C@H](C)c2ccc(Cl)cc2)c(F)c1. The molecule has 0 aliphatic heterocycles. The molecular formula is C16H17ClFNO. The normalized spacial score (nSPS) is 12.2. The average Bonchev–Trinajstić information content (AvgIpc) is 2.46. The van der Waals surface area contributed by atoms with Gasteiger partial charge in [0.1, 0.15) is 11.6 Å². The Hall–Kier alpha value is -1.58. The molecule has 0 aliphatic rings. The lowest BCUT2D eigenvalue weighted by molar-refractivity contribution is 0.410. The molecule has 4 heteroatoms. The zero-order valence-electron chi connectivity index (χ0n) is 11.5. The first-order valence-corrected chi connectivity index (χ1v) is 6.79.